The van der Waals surface area contributed by atoms with Crippen molar-refractivity contribution in [1.82, 2.24) is 0 Å². The second-order valence-electron chi connectivity index (χ2n) is 6.93. The summed E-state index contributed by atoms with van der Waals surface area (Å²) >= 11 is 0. The van der Waals surface area contributed by atoms with Crippen molar-refractivity contribution < 1.29 is 23.8 Å². The van der Waals surface area contributed by atoms with Crippen LogP contribution in [0.25, 0.3) is 6.08 Å². The van der Waals surface area contributed by atoms with Crippen LogP contribution in [0.15, 0.2) is 72.8 Å². The standard InChI is InChI=1S/C25H21NO5/c1-29-24-13-17(8-11-23(24)30-15-18-5-3-2-4-6-18)7-10-21(27)19-9-12-22-20(14-19)26-25(28)16-31-22/h2-14H,15-16H2,1H3,(H,26,28)/b10-7+. The Kier molecular flexibility index (Phi) is 5.98. The molecule has 1 heterocycles. The van der Waals surface area contributed by atoms with Gasteiger partial charge in [0.05, 0.1) is 12.8 Å². The van der Waals surface area contributed by atoms with Gasteiger partial charge in [0.15, 0.2) is 23.9 Å². The van der Waals surface area contributed by atoms with Gasteiger partial charge in [0, 0.05) is 5.56 Å². The molecular formula is C25H21NO5. The van der Waals surface area contributed by atoms with Gasteiger partial charge in [0.1, 0.15) is 12.4 Å². The lowest BCUT2D eigenvalue weighted by Gasteiger charge is -2.17. The van der Waals surface area contributed by atoms with Crippen LogP contribution in [0, 0.1) is 0 Å². The molecule has 6 heteroatoms. The molecule has 0 saturated carbocycles. The highest BCUT2D eigenvalue weighted by Gasteiger charge is 2.17. The number of carbonyl (C=O) groups is 2. The second-order valence-corrected chi connectivity index (χ2v) is 6.93. The summed E-state index contributed by atoms with van der Waals surface area (Å²) in [5.41, 5.74) is 2.81. The third kappa shape index (κ3) is 4.93. The minimum absolute atomic E-state index is 0.0207. The predicted octanol–water partition coefficient (Wildman–Crippen LogP) is 4.50. The van der Waals surface area contributed by atoms with Crippen molar-refractivity contribution >= 4 is 23.5 Å². The maximum Gasteiger partial charge on any atom is 0.262 e. The van der Waals surface area contributed by atoms with Gasteiger partial charge in [-0.15, -0.1) is 0 Å². The van der Waals surface area contributed by atoms with Gasteiger partial charge in [-0.1, -0.05) is 42.5 Å². The van der Waals surface area contributed by atoms with Crippen LogP contribution in [0.5, 0.6) is 17.2 Å². The molecule has 0 saturated heterocycles. The van der Waals surface area contributed by atoms with E-state index in [-0.39, 0.29) is 18.3 Å². The van der Waals surface area contributed by atoms with Gasteiger partial charge in [0.25, 0.3) is 5.91 Å². The molecule has 0 spiro atoms. The first kappa shape index (κ1) is 20.2. The highest BCUT2D eigenvalue weighted by molar-refractivity contribution is 6.08. The van der Waals surface area contributed by atoms with Crippen molar-refractivity contribution in [2.24, 2.45) is 0 Å². The molecule has 1 aliphatic rings. The van der Waals surface area contributed by atoms with Gasteiger partial charge in [0.2, 0.25) is 0 Å². The quantitative estimate of drug-likeness (QED) is 0.454. The Labute approximate surface area is 180 Å². The van der Waals surface area contributed by atoms with E-state index in [2.05, 4.69) is 5.32 Å². The molecule has 1 aliphatic heterocycles. The van der Waals surface area contributed by atoms with Crippen LogP contribution in [0.4, 0.5) is 5.69 Å². The van der Waals surface area contributed by atoms with Crippen LogP contribution in [-0.4, -0.2) is 25.4 Å². The number of methoxy groups -OCH3 is 1. The summed E-state index contributed by atoms with van der Waals surface area (Å²) in [6, 6.07) is 20.3. The Bertz CT molecular complexity index is 1140. The second kappa shape index (κ2) is 9.17. The lowest BCUT2D eigenvalue weighted by Crippen LogP contribution is -2.25. The Balaban J connectivity index is 1.45. The van der Waals surface area contributed by atoms with Gasteiger partial charge in [-0.2, -0.15) is 0 Å². The van der Waals surface area contributed by atoms with Crippen molar-refractivity contribution in [3.05, 3.63) is 89.5 Å². The van der Waals surface area contributed by atoms with E-state index in [1.807, 2.05) is 48.5 Å². The smallest absolute Gasteiger partial charge is 0.262 e. The topological polar surface area (TPSA) is 73.9 Å². The molecule has 6 nitrogen and oxygen atoms in total. The van der Waals surface area contributed by atoms with E-state index < -0.39 is 0 Å². The third-order valence-corrected chi connectivity index (χ3v) is 4.75. The number of benzene rings is 3. The minimum Gasteiger partial charge on any atom is -0.493 e. The Morgan fingerprint density at radius 3 is 2.71 bits per heavy atom. The molecule has 0 bridgehead atoms. The molecule has 31 heavy (non-hydrogen) atoms. The number of anilines is 1. The largest absolute Gasteiger partial charge is 0.493 e. The molecule has 0 aliphatic carbocycles. The molecule has 3 aromatic carbocycles. The minimum atomic E-state index is -0.241. The average Bonchev–Trinajstić information content (AvgIpc) is 2.81. The van der Waals surface area contributed by atoms with Crippen LogP contribution in [0.2, 0.25) is 0 Å². The van der Waals surface area contributed by atoms with Crippen molar-refractivity contribution in [1.29, 1.82) is 0 Å². The molecule has 1 N–H and O–H groups in total. The molecule has 1 amide bonds. The summed E-state index contributed by atoms with van der Waals surface area (Å²) in [6.45, 7) is 0.413. The zero-order chi connectivity index (χ0) is 21.6. The van der Waals surface area contributed by atoms with Gasteiger partial charge < -0.3 is 19.5 Å². The molecule has 4 rings (SSSR count). The van der Waals surface area contributed by atoms with Crippen LogP contribution < -0.4 is 19.5 Å². The van der Waals surface area contributed by atoms with E-state index in [4.69, 9.17) is 14.2 Å². The Morgan fingerprint density at radius 1 is 1.06 bits per heavy atom. The number of rotatable bonds is 7. The predicted molar refractivity (Wildman–Crippen MR) is 118 cm³/mol. The van der Waals surface area contributed by atoms with Crippen LogP contribution in [0.3, 0.4) is 0 Å². The highest BCUT2D eigenvalue weighted by atomic mass is 16.5. The van der Waals surface area contributed by atoms with E-state index in [9.17, 15) is 9.59 Å². The Morgan fingerprint density at radius 2 is 1.90 bits per heavy atom. The molecular weight excluding hydrogens is 394 g/mol. The summed E-state index contributed by atoms with van der Waals surface area (Å²) in [7, 11) is 1.58. The van der Waals surface area contributed by atoms with Crippen LogP contribution in [-0.2, 0) is 11.4 Å². The number of fused-ring (bicyclic) bond motifs is 1. The monoisotopic (exact) mass is 415 g/mol. The van der Waals surface area contributed by atoms with Crippen LogP contribution >= 0.6 is 0 Å². The first-order valence-corrected chi connectivity index (χ1v) is 9.76. The summed E-state index contributed by atoms with van der Waals surface area (Å²) in [6.07, 6.45) is 3.19. The van der Waals surface area contributed by atoms with Gasteiger partial charge in [-0.05, 0) is 47.5 Å². The number of allylic oxidation sites excluding steroid dienone is 1. The lowest BCUT2D eigenvalue weighted by molar-refractivity contribution is -0.118. The zero-order valence-electron chi connectivity index (χ0n) is 17.0. The third-order valence-electron chi connectivity index (χ3n) is 4.75. The zero-order valence-corrected chi connectivity index (χ0v) is 17.0. The SMILES string of the molecule is COc1cc(/C=C/C(=O)c2ccc3c(c2)NC(=O)CO3)ccc1OCc1ccccc1. The van der Waals surface area contributed by atoms with E-state index in [0.29, 0.717) is 35.1 Å². The fourth-order valence-electron chi connectivity index (χ4n) is 3.15. The first-order valence-electron chi connectivity index (χ1n) is 9.76. The van der Waals surface area contributed by atoms with Crippen LogP contribution in [0.1, 0.15) is 21.5 Å². The van der Waals surface area contributed by atoms with Gasteiger partial charge in [-0.25, -0.2) is 0 Å². The molecule has 0 aromatic heterocycles. The average molecular weight is 415 g/mol. The van der Waals surface area contributed by atoms with Gasteiger partial charge in [-0.3, -0.25) is 9.59 Å². The number of ketones is 1. The maximum atomic E-state index is 12.6. The number of hydrogen-bond donors (Lipinski definition) is 1. The van der Waals surface area contributed by atoms with E-state index in [1.165, 1.54) is 6.08 Å². The number of hydrogen-bond acceptors (Lipinski definition) is 5. The van der Waals surface area contributed by atoms with Crippen molar-refractivity contribution in [3.8, 4) is 17.2 Å². The van der Waals surface area contributed by atoms with Crippen molar-refractivity contribution in [2.45, 2.75) is 6.61 Å². The van der Waals surface area contributed by atoms with E-state index in [0.717, 1.165) is 11.1 Å². The van der Waals surface area contributed by atoms with Gasteiger partial charge >= 0.3 is 0 Å². The number of carbonyl (C=O) groups excluding carboxylic acids is 2. The number of amides is 1. The fourth-order valence-corrected chi connectivity index (χ4v) is 3.15. The van der Waals surface area contributed by atoms with E-state index in [1.54, 1.807) is 31.4 Å². The number of ether oxygens (including phenoxy) is 3. The molecule has 0 atom stereocenters. The summed E-state index contributed by atoms with van der Waals surface area (Å²) < 4.78 is 16.6. The lowest BCUT2D eigenvalue weighted by atomic mass is 10.1. The summed E-state index contributed by atoms with van der Waals surface area (Å²) in [5.74, 6) is 1.33. The normalized spacial score (nSPS) is 12.6. The highest BCUT2D eigenvalue weighted by Crippen LogP contribution is 2.30. The Hall–Kier alpha value is -4.06. The molecule has 0 fully saturated rings. The first-order chi connectivity index (χ1) is 15.1. The van der Waals surface area contributed by atoms with Crippen molar-refractivity contribution in [2.75, 3.05) is 19.0 Å². The summed E-state index contributed by atoms with van der Waals surface area (Å²) in [4.78, 5) is 24.0. The molecule has 0 radical (unpaired) electrons. The molecule has 3 aromatic rings. The maximum absolute atomic E-state index is 12.6. The van der Waals surface area contributed by atoms with Crippen molar-refractivity contribution in [3.63, 3.8) is 0 Å². The molecule has 156 valence electrons. The summed E-state index contributed by atoms with van der Waals surface area (Å²) in [5, 5.41) is 2.70. The molecule has 0 unspecified atom stereocenters. The number of nitrogens with one attached hydrogen (secondary N) is 1. The van der Waals surface area contributed by atoms with E-state index >= 15 is 0 Å². The fraction of sp³-hybridized carbons (Fsp3) is 0.120.